The minimum absolute atomic E-state index is 0.157. The highest BCUT2D eigenvalue weighted by Crippen LogP contribution is 2.30. The molecule has 0 aliphatic rings. The summed E-state index contributed by atoms with van der Waals surface area (Å²) in [4.78, 5) is 29.2. The van der Waals surface area contributed by atoms with Crippen LogP contribution in [0.1, 0.15) is 39.9 Å². The molecule has 2 aromatic carbocycles. The lowest BCUT2D eigenvalue weighted by molar-refractivity contribution is -0.117. The summed E-state index contributed by atoms with van der Waals surface area (Å²) in [5.74, 6) is -1.01. The average molecular weight is 460 g/mol. The first-order valence-electron chi connectivity index (χ1n) is 10.8. The third-order valence-corrected chi connectivity index (χ3v) is 6.47. The number of esters is 1. The predicted molar refractivity (Wildman–Crippen MR) is 131 cm³/mol. The zero-order chi connectivity index (χ0) is 23.2. The Bertz CT molecular complexity index is 1220. The fraction of sp³-hybridized carbons (Fsp3) is 0.192. The van der Waals surface area contributed by atoms with Gasteiger partial charge in [-0.3, -0.25) is 9.78 Å². The maximum atomic E-state index is 12.9. The monoisotopic (exact) mass is 459 g/mol. The van der Waals surface area contributed by atoms with E-state index in [-0.39, 0.29) is 25.0 Å². The highest BCUT2D eigenvalue weighted by molar-refractivity contribution is 7.22. The molecule has 2 aromatic heterocycles. The van der Waals surface area contributed by atoms with Crippen LogP contribution in [0.2, 0.25) is 0 Å². The van der Waals surface area contributed by atoms with Crippen molar-refractivity contribution < 1.29 is 14.3 Å². The Morgan fingerprint density at radius 3 is 2.45 bits per heavy atom. The number of rotatable bonds is 8. The van der Waals surface area contributed by atoms with Gasteiger partial charge in [0, 0.05) is 18.9 Å². The lowest BCUT2D eigenvalue weighted by Crippen LogP contribution is -2.27. The SMILES string of the molecule is CCc1ccc(C(=O)OCc2ccc([C@@H](CN)C(=O)Nc3cc4ccncc4s3)cc2)cc1. The summed E-state index contributed by atoms with van der Waals surface area (Å²) in [6.45, 7) is 2.40. The number of benzene rings is 2. The molecule has 0 bridgehead atoms. The summed E-state index contributed by atoms with van der Waals surface area (Å²) in [5, 5.41) is 4.76. The van der Waals surface area contributed by atoms with Crippen LogP contribution in [0, 0.1) is 0 Å². The summed E-state index contributed by atoms with van der Waals surface area (Å²) in [5.41, 5.74) is 9.27. The van der Waals surface area contributed by atoms with Gasteiger partial charge in [-0.2, -0.15) is 0 Å². The molecule has 4 rings (SSSR count). The molecule has 0 fully saturated rings. The van der Waals surface area contributed by atoms with Crippen molar-refractivity contribution in [3.63, 3.8) is 0 Å². The number of aromatic nitrogens is 1. The van der Waals surface area contributed by atoms with Crippen LogP contribution in [0.25, 0.3) is 10.1 Å². The van der Waals surface area contributed by atoms with E-state index in [2.05, 4.69) is 17.2 Å². The molecule has 3 N–H and O–H groups in total. The van der Waals surface area contributed by atoms with Crippen molar-refractivity contribution in [3.05, 3.63) is 95.3 Å². The van der Waals surface area contributed by atoms with Gasteiger partial charge in [-0.15, -0.1) is 11.3 Å². The first-order valence-corrected chi connectivity index (χ1v) is 11.6. The number of carbonyl (C=O) groups excluding carboxylic acids is 2. The number of aryl methyl sites for hydroxylation is 1. The fourth-order valence-electron chi connectivity index (χ4n) is 3.50. The topological polar surface area (TPSA) is 94.3 Å². The Balaban J connectivity index is 1.36. The van der Waals surface area contributed by atoms with Crippen molar-refractivity contribution in [1.29, 1.82) is 0 Å². The lowest BCUT2D eigenvalue weighted by atomic mass is 9.97. The van der Waals surface area contributed by atoms with E-state index >= 15 is 0 Å². The first kappa shape index (κ1) is 22.6. The second-order valence-electron chi connectivity index (χ2n) is 7.67. The van der Waals surface area contributed by atoms with Gasteiger partial charge in [0.1, 0.15) is 6.61 Å². The van der Waals surface area contributed by atoms with Gasteiger partial charge in [0.25, 0.3) is 0 Å². The van der Waals surface area contributed by atoms with Gasteiger partial charge in [-0.1, -0.05) is 43.3 Å². The van der Waals surface area contributed by atoms with Crippen LogP contribution >= 0.6 is 11.3 Å². The number of fused-ring (bicyclic) bond motifs is 1. The molecule has 168 valence electrons. The third-order valence-electron chi connectivity index (χ3n) is 5.47. The molecule has 0 unspecified atom stereocenters. The molecule has 2 heterocycles. The van der Waals surface area contributed by atoms with Gasteiger partial charge in [0.2, 0.25) is 5.91 Å². The number of anilines is 1. The highest BCUT2D eigenvalue weighted by Gasteiger charge is 2.20. The van der Waals surface area contributed by atoms with Crippen LogP contribution in [0.5, 0.6) is 0 Å². The van der Waals surface area contributed by atoms with Crippen molar-refractivity contribution in [1.82, 2.24) is 4.98 Å². The Labute approximate surface area is 196 Å². The summed E-state index contributed by atoms with van der Waals surface area (Å²) >= 11 is 1.48. The van der Waals surface area contributed by atoms with Crippen molar-refractivity contribution in [3.8, 4) is 0 Å². The van der Waals surface area contributed by atoms with Crippen molar-refractivity contribution >= 4 is 38.3 Å². The van der Waals surface area contributed by atoms with Crippen LogP contribution in [0.15, 0.2) is 73.1 Å². The van der Waals surface area contributed by atoms with Crippen molar-refractivity contribution in [2.75, 3.05) is 11.9 Å². The molecule has 0 radical (unpaired) electrons. The molecule has 0 aliphatic heterocycles. The normalized spacial score (nSPS) is 11.8. The van der Waals surface area contributed by atoms with Crippen LogP contribution in [-0.4, -0.2) is 23.4 Å². The van der Waals surface area contributed by atoms with Crippen LogP contribution in [-0.2, 0) is 22.6 Å². The van der Waals surface area contributed by atoms with E-state index in [1.807, 2.05) is 48.5 Å². The van der Waals surface area contributed by atoms with Gasteiger partial charge in [0.15, 0.2) is 0 Å². The van der Waals surface area contributed by atoms with E-state index in [0.717, 1.165) is 32.6 Å². The number of pyridine rings is 1. The molecule has 7 heteroatoms. The molecule has 1 amide bonds. The number of carbonyl (C=O) groups is 2. The van der Waals surface area contributed by atoms with Crippen molar-refractivity contribution in [2.45, 2.75) is 25.9 Å². The Kier molecular flexibility index (Phi) is 7.12. The quantitative estimate of drug-likeness (QED) is 0.366. The second kappa shape index (κ2) is 10.4. The minimum atomic E-state index is -0.484. The second-order valence-corrected chi connectivity index (χ2v) is 8.75. The van der Waals surface area contributed by atoms with Crippen LogP contribution in [0.4, 0.5) is 5.00 Å². The van der Waals surface area contributed by atoms with Crippen LogP contribution in [0.3, 0.4) is 0 Å². The molecule has 33 heavy (non-hydrogen) atoms. The first-order chi connectivity index (χ1) is 16.1. The molecule has 0 saturated carbocycles. The van der Waals surface area contributed by atoms with E-state index < -0.39 is 5.92 Å². The van der Waals surface area contributed by atoms with Crippen molar-refractivity contribution in [2.24, 2.45) is 5.73 Å². The average Bonchev–Trinajstić information content (AvgIpc) is 3.26. The number of nitrogens with zero attached hydrogens (tertiary/aromatic N) is 1. The summed E-state index contributed by atoms with van der Waals surface area (Å²) < 4.78 is 6.43. The summed E-state index contributed by atoms with van der Waals surface area (Å²) in [6.07, 6.45) is 4.43. The Morgan fingerprint density at radius 2 is 1.79 bits per heavy atom. The zero-order valence-corrected chi connectivity index (χ0v) is 19.1. The smallest absolute Gasteiger partial charge is 0.338 e. The van der Waals surface area contributed by atoms with Gasteiger partial charge < -0.3 is 15.8 Å². The largest absolute Gasteiger partial charge is 0.457 e. The minimum Gasteiger partial charge on any atom is -0.457 e. The third kappa shape index (κ3) is 5.45. The van der Waals surface area contributed by atoms with E-state index in [9.17, 15) is 9.59 Å². The number of nitrogens with two attached hydrogens (primary N) is 1. The van der Waals surface area contributed by atoms with E-state index in [0.29, 0.717) is 5.56 Å². The molecule has 0 aliphatic carbocycles. The number of hydrogen-bond donors (Lipinski definition) is 2. The van der Waals surface area contributed by atoms with E-state index in [1.54, 1.807) is 24.5 Å². The predicted octanol–water partition coefficient (Wildman–Crippen LogP) is 4.90. The van der Waals surface area contributed by atoms with E-state index in [1.165, 1.54) is 16.9 Å². The number of nitrogens with one attached hydrogen (secondary N) is 1. The Hall–Kier alpha value is -3.55. The molecule has 1 atom stereocenters. The Morgan fingerprint density at radius 1 is 1.06 bits per heavy atom. The van der Waals surface area contributed by atoms with Gasteiger partial charge in [-0.05, 0) is 52.8 Å². The fourth-order valence-corrected chi connectivity index (χ4v) is 4.44. The number of thiophene rings is 1. The maximum Gasteiger partial charge on any atom is 0.338 e. The van der Waals surface area contributed by atoms with Crippen LogP contribution < -0.4 is 11.1 Å². The summed E-state index contributed by atoms with van der Waals surface area (Å²) in [6, 6.07) is 18.7. The molecular weight excluding hydrogens is 434 g/mol. The number of amides is 1. The van der Waals surface area contributed by atoms with Gasteiger partial charge in [0.05, 0.1) is 21.2 Å². The van der Waals surface area contributed by atoms with Gasteiger partial charge in [-0.25, -0.2) is 4.79 Å². The van der Waals surface area contributed by atoms with E-state index in [4.69, 9.17) is 10.5 Å². The molecule has 0 spiro atoms. The molecule has 0 saturated heterocycles. The van der Waals surface area contributed by atoms with Gasteiger partial charge >= 0.3 is 5.97 Å². The molecular formula is C26H25N3O3S. The highest BCUT2D eigenvalue weighted by atomic mass is 32.1. The molecule has 6 nitrogen and oxygen atoms in total. The molecule has 4 aromatic rings. The standard InChI is InChI=1S/C26H25N3O3S/c1-2-17-3-9-20(10-4-17)26(31)32-16-18-5-7-19(8-6-18)22(14-27)25(30)29-24-13-21-11-12-28-15-23(21)33-24/h3-13,15,22H,2,14,16,27H2,1H3,(H,29,30)/t22-/m1/s1. The number of ether oxygens (including phenoxy) is 1. The lowest BCUT2D eigenvalue weighted by Gasteiger charge is -2.15. The zero-order valence-electron chi connectivity index (χ0n) is 18.3. The maximum absolute atomic E-state index is 12.9. The summed E-state index contributed by atoms with van der Waals surface area (Å²) in [7, 11) is 0. The number of hydrogen-bond acceptors (Lipinski definition) is 6.